The number of anilines is 1. The number of pyridine rings is 1. The Bertz CT molecular complexity index is 586. The SMILES string of the molecule is CC(c1ccccn1)N(C)C(=O)CNc1ccc(Br)cc1. The average Bonchev–Trinajstić information content (AvgIpc) is 2.53. The molecule has 0 saturated carbocycles. The molecule has 4 nitrogen and oxygen atoms in total. The number of hydrogen-bond acceptors (Lipinski definition) is 3. The van der Waals surface area contributed by atoms with Crippen LogP contribution in [0.15, 0.2) is 53.1 Å². The molecular weight excluding hydrogens is 330 g/mol. The molecule has 0 aliphatic carbocycles. The highest BCUT2D eigenvalue weighted by Gasteiger charge is 2.17. The maximum Gasteiger partial charge on any atom is 0.242 e. The first-order valence-corrected chi connectivity index (χ1v) is 7.53. The van der Waals surface area contributed by atoms with Crippen molar-refractivity contribution in [2.45, 2.75) is 13.0 Å². The van der Waals surface area contributed by atoms with Gasteiger partial charge in [-0.15, -0.1) is 0 Å². The number of nitrogens with one attached hydrogen (secondary N) is 1. The molecule has 110 valence electrons. The van der Waals surface area contributed by atoms with Gasteiger partial charge in [0, 0.05) is 23.4 Å². The van der Waals surface area contributed by atoms with Gasteiger partial charge in [-0.05, 0) is 43.3 Å². The Balaban J connectivity index is 1.92. The Morgan fingerprint density at radius 1 is 1.29 bits per heavy atom. The number of hydrogen-bond donors (Lipinski definition) is 1. The fourth-order valence-corrected chi connectivity index (χ4v) is 2.17. The number of carbonyl (C=O) groups excluding carboxylic acids is 1. The van der Waals surface area contributed by atoms with E-state index in [9.17, 15) is 4.79 Å². The molecule has 1 N–H and O–H groups in total. The minimum absolute atomic E-state index is 0.0241. The van der Waals surface area contributed by atoms with Crippen LogP contribution in [0.2, 0.25) is 0 Å². The number of amides is 1. The summed E-state index contributed by atoms with van der Waals surface area (Å²) in [6.45, 7) is 2.23. The van der Waals surface area contributed by atoms with E-state index in [4.69, 9.17) is 0 Å². The summed E-state index contributed by atoms with van der Waals surface area (Å²) in [5.41, 5.74) is 1.81. The largest absolute Gasteiger partial charge is 0.376 e. The summed E-state index contributed by atoms with van der Waals surface area (Å²) in [6.07, 6.45) is 1.74. The minimum Gasteiger partial charge on any atom is -0.376 e. The fourth-order valence-electron chi connectivity index (χ4n) is 1.91. The van der Waals surface area contributed by atoms with Crippen molar-refractivity contribution < 1.29 is 4.79 Å². The maximum atomic E-state index is 12.2. The summed E-state index contributed by atoms with van der Waals surface area (Å²) in [4.78, 5) is 18.2. The van der Waals surface area contributed by atoms with Gasteiger partial charge in [0.25, 0.3) is 0 Å². The number of benzene rings is 1. The summed E-state index contributed by atoms with van der Waals surface area (Å²) in [5, 5.41) is 3.13. The molecule has 1 amide bonds. The predicted octanol–water partition coefficient (Wildman–Crippen LogP) is 3.48. The molecule has 0 aliphatic rings. The maximum absolute atomic E-state index is 12.2. The lowest BCUT2D eigenvalue weighted by atomic mass is 10.2. The van der Waals surface area contributed by atoms with Crippen molar-refractivity contribution in [3.63, 3.8) is 0 Å². The van der Waals surface area contributed by atoms with E-state index >= 15 is 0 Å². The van der Waals surface area contributed by atoms with Gasteiger partial charge in [-0.3, -0.25) is 9.78 Å². The highest BCUT2D eigenvalue weighted by molar-refractivity contribution is 9.10. The Hall–Kier alpha value is -1.88. The van der Waals surface area contributed by atoms with Gasteiger partial charge in [0.1, 0.15) is 0 Å². The van der Waals surface area contributed by atoms with Crippen LogP contribution < -0.4 is 5.32 Å². The molecule has 2 rings (SSSR count). The van der Waals surface area contributed by atoms with Gasteiger partial charge < -0.3 is 10.2 Å². The van der Waals surface area contributed by atoms with E-state index < -0.39 is 0 Å². The third-order valence-corrected chi connectivity index (χ3v) is 3.91. The zero-order valence-electron chi connectivity index (χ0n) is 12.1. The zero-order chi connectivity index (χ0) is 15.2. The second-order valence-corrected chi connectivity index (χ2v) is 5.71. The monoisotopic (exact) mass is 347 g/mol. The van der Waals surface area contributed by atoms with Crippen molar-refractivity contribution in [2.24, 2.45) is 0 Å². The van der Waals surface area contributed by atoms with E-state index in [1.165, 1.54) is 0 Å². The first kappa shape index (κ1) is 15.5. The molecule has 1 aromatic carbocycles. The molecule has 0 spiro atoms. The van der Waals surface area contributed by atoms with Gasteiger partial charge in [-0.25, -0.2) is 0 Å². The first-order valence-electron chi connectivity index (χ1n) is 6.74. The molecule has 1 unspecified atom stereocenters. The fraction of sp³-hybridized carbons (Fsp3) is 0.250. The van der Waals surface area contributed by atoms with Crippen LogP contribution in [-0.2, 0) is 4.79 Å². The number of aromatic nitrogens is 1. The average molecular weight is 348 g/mol. The van der Waals surface area contributed by atoms with Crippen LogP contribution >= 0.6 is 15.9 Å². The van der Waals surface area contributed by atoms with Crippen molar-refractivity contribution in [3.05, 3.63) is 58.8 Å². The number of carbonyl (C=O) groups is 1. The lowest BCUT2D eigenvalue weighted by Crippen LogP contribution is -2.34. The first-order chi connectivity index (χ1) is 10.1. The van der Waals surface area contributed by atoms with Crippen molar-refractivity contribution in [3.8, 4) is 0 Å². The summed E-state index contributed by atoms with van der Waals surface area (Å²) < 4.78 is 1.01. The van der Waals surface area contributed by atoms with E-state index in [2.05, 4.69) is 26.2 Å². The number of likely N-dealkylation sites (N-methyl/N-ethyl adjacent to an activating group) is 1. The van der Waals surface area contributed by atoms with E-state index in [1.807, 2.05) is 49.4 Å². The molecule has 21 heavy (non-hydrogen) atoms. The Morgan fingerprint density at radius 3 is 2.62 bits per heavy atom. The van der Waals surface area contributed by atoms with Crippen LogP contribution in [0.4, 0.5) is 5.69 Å². The number of halogens is 1. The predicted molar refractivity (Wildman–Crippen MR) is 88.1 cm³/mol. The molecular formula is C16H18BrN3O. The van der Waals surface area contributed by atoms with Gasteiger partial charge >= 0.3 is 0 Å². The molecule has 5 heteroatoms. The van der Waals surface area contributed by atoms with Crippen LogP contribution in [0.5, 0.6) is 0 Å². The molecule has 0 fully saturated rings. The Labute approximate surface area is 133 Å². The van der Waals surface area contributed by atoms with Crippen LogP contribution in [0, 0.1) is 0 Å². The topological polar surface area (TPSA) is 45.2 Å². The zero-order valence-corrected chi connectivity index (χ0v) is 13.7. The summed E-state index contributed by atoms with van der Waals surface area (Å²) in [7, 11) is 1.80. The van der Waals surface area contributed by atoms with Crippen molar-refractivity contribution in [1.29, 1.82) is 0 Å². The molecule has 2 aromatic rings. The second-order valence-electron chi connectivity index (χ2n) is 4.80. The van der Waals surface area contributed by atoms with E-state index in [1.54, 1.807) is 18.1 Å². The molecule has 1 aromatic heterocycles. The van der Waals surface area contributed by atoms with Gasteiger partial charge in [0.05, 0.1) is 18.3 Å². The van der Waals surface area contributed by atoms with Crippen molar-refractivity contribution in [2.75, 3.05) is 18.9 Å². The third kappa shape index (κ3) is 4.29. The van der Waals surface area contributed by atoms with Crippen molar-refractivity contribution in [1.82, 2.24) is 9.88 Å². The summed E-state index contributed by atoms with van der Waals surface area (Å²) >= 11 is 3.38. The molecule has 0 radical (unpaired) electrons. The lowest BCUT2D eigenvalue weighted by molar-refractivity contribution is -0.129. The number of nitrogens with zero attached hydrogens (tertiary/aromatic N) is 2. The van der Waals surface area contributed by atoms with Gasteiger partial charge in [-0.2, -0.15) is 0 Å². The van der Waals surface area contributed by atoms with Crippen molar-refractivity contribution >= 4 is 27.5 Å². The molecule has 0 aliphatic heterocycles. The number of rotatable bonds is 5. The normalized spacial score (nSPS) is 11.8. The van der Waals surface area contributed by atoms with E-state index in [-0.39, 0.29) is 18.5 Å². The molecule has 0 saturated heterocycles. The molecule has 1 atom stereocenters. The van der Waals surface area contributed by atoms with E-state index in [0.717, 1.165) is 15.9 Å². The van der Waals surface area contributed by atoms with Gasteiger partial charge in [-0.1, -0.05) is 22.0 Å². The highest BCUT2D eigenvalue weighted by Crippen LogP contribution is 2.17. The third-order valence-electron chi connectivity index (χ3n) is 3.38. The second kappa shape index (κ2) is 7.22. The van der Waals surface area contributed by atoms with Crippen LogP contribution in [-0.4, -0.2) is 29.4 Å². The van der Waals surface area contributed by atoms with Crippen LogP contribution in [0.3, 0.4) is 0 Å². The van der Waals surface area contributed by atoms with Crippen LogP contribution in [0.1, 0.15) is 18.7 Å². The van der Waals surface area contributed by atoms with Crippen LogP contribution in [0.25, 0.3) is 0 Å². The van der Waals surface area contributed by atoms with E-state index in [0.29, 0.717) is 0 Å². The minimum atomic E-state index is -0.0505. The van der Waals surface area contributed by atoms with Gasteiger partial charge in [0.15, 0.2) is 0 Å². The smallest absolute Gasteiger partial charge is 0.242 e. The standard InChI is InChI=1S/C16H18BrN3O/c1-12(15-5-3-4-10-18-15)20(2)16(21)11-19-14-8-6-13(17)7-9-14/h3-10,12,19H,11H2,1-2H3. The Kier molecular flexibility index (Phi) is 5.33. The quantitative estimate of drug-likeness (QED) is 0.900. The Morgan fingerprint density at radius 2 is 2.00 bits per heavy atom. The summed E-state index contributed by atoms with van der Waals surface area (Å²) in [6, 6.07) is 13.4. The lowest BCUT2D eigenvalue weighted by Gasteiger charge is -2.24. The molecule has 0 bridgehead atoms. The molecule has 1 heterocycles. The summed E-state index contributed by atoms with van der Waals surface area (Å²) in [5.74, 6) is 0.0241. The van der Waals surface area contributed by atoms with Gasteiger partial charge in [0.2, 0.25) is 5.91 Å². The highest BCUT2D eigenvalue weighted by atomic mass is 79.9.